The van der Waals surface area contributed by atoms with E-state index in [2.05, 4.69) is 34.9 Å². The molecule has 4 N–H and O–H groups in total. The van der Waals surface area contributed by atoms with Crippen molar-refractivity contribution in [3.05, 3.63) is 53.7 Å². The van der Waals surface area contributed by atoms with E-state index in [9.17, 15) is 8.42 Å². The van der Waals surface area contributed by atoms with Crippen molar-refractivity contribution < 1.29 is 8.42 Å². The molecule has 2 aromatic rings. The van der Waals surface area contributed by atoms with Gasteiger partial charge in [0.1, 0.15) is 10.7 Å². The summed E-state index contributed by atoms with van der Waals surface area (Å²) in [5.41, 5.74) is 8.71. The first kappa shape index (κ1) is 18.8. The summed E-state index contributed by atoms with van der Waals surface area (Å²) in [6.07, 6.45) is 3.01. The van der Waals surface area contributed by atoms with Crippen LogP contribution in [0.15, 0.2) is 47.5 Å². The molecule has 2 atom stereocenters. The van der Waals surface area contributed by atoms with Gasteiger partial charge >= 0.3 is 0 Å². The summed E-state index contributed by atoms with van der Waals surface area (Å²) in [4.78, 5) is 4.44. The molecule has 1 heterocycles. The van der Waals surface area contributed by atoms with Crippen molar-refractivity contribution in [2.75, 3.05) is 11.9 Å². The van der Waals surface area contributed by atoms with E-state index < -0.39 is 10.0 Å². The van der Waals surface area contributed by atoms with Gasteiger partial charge < -0.3 is 11.1 Å². The fourth-order valence-corrected chi connectivity index (χ4v) is 4.14. The number of hydrogen-bond donors (Lipinski definition) is 3. The second kappa shape index (κ2) is 7.73. The number of nitrogens with zero attached hydrogens (tertiary/aromatic N) is 1. The Morgan fingerprint density at radius 2 is 2.00 bits per heavy atom. The van der Waals surface area contributed by atoms with Crippen LogP contribution in [0.2, 0.25) is 0 Å². The molecule has 1 aromatic heterocycles. The largest absolute Gasteiger partial charge is 0.365 e. The fraction of sp³-hybridized carbons (Fsp3) is 0.421. The van der Waals surface area contributed by atoms with Gasteiger partial charge in [-0.15, -0.1) is 0 Å². The molecule has 0 saturated carbocycles. The van der Waals surface area contributed by atoms with Crippen molar-refractivity contribution in [2.45, 2.75) is 43.7 Å². The van der Waals surface area contributed by atoms with Gasteiger partial charge in [0.25, 0.3) is 0 Å². The van der Waals surface area contributed by atoms with Gasteiger partial charge in [-0.2, -0.15) is 0 Å². The molecule has 1 aliphatic carbocycles. The number of nitrogens with two attached hydrogens (primary N) is 1. The highest BCUT2D eigenvalue weighted by molar-refractivity contribution is 7.89. The second-order valence-electron chi connectivity index (χ2n) is 7.14. The second-order valence-corrected chi connectivity index (χ2v) is 8.91. The van der Waals surface area contributed by atoms with Gasteiger partial charge in [0.15, 0.2) is 0 Å². The first-order chi connectivity index (χ1) is 12.4. The first-order valence-electron chi connectivity index (χ1n) is 8.92. The first-order valence-corrected chi connectivity index (χ1v) is 10.4. The molecule has 1 aliphatic rings. The molecule has 0 aliphatic heterocycles. The molecule has 0 fully saturated rings. The predicted molar refractivity (Wildman–Crippen MR) is 103 cm³/mol. The quantitative estimate of drug-likeness (QED) is 0.692. The highest BCUT2D eigenvalue weighted by Crippen LogP contribution is 2.31. The molecular formula is C19H26N4O2S. The minimum atomic E-state index is -3.52. The summed E-state index contributed by atoms with van der Waals surface area (Å²) in [6, 6.07) is 11.3. The lowest BCUT2D eigenvalue weighted by Gasteiger charge is -2.18. The molecule has 0 amide bonds. The number of rotatable bonds is 7. The van der Waals surface area contributed by atoms with Crippen molar-refractivity contribution >= 4 is 15.8 Å². The molecule has 0 bridgehead atoms. The SMILES string of the molecule is CC(C)CCNS(=O)(=O)c1ccc(N[C@@H]2Cc3ccccc3[C@H]2N)nc1. The van der Waals surface area contributed by atoms with Crippen LogP contribution >= 0.6 is 0 Å². The summed E-state index contributed by atoms with van der Waals surface area (Å²) in [5.74, 6) is 1.07. The molecule has 0 saturated heterocycles. The highest BCUT2D eigenvalue weighted by atomic mass is 32.2. The van der Waals surface area contributed by atoms with Gasteiger partial charge in [-0.25, -0.2) is 18.1 Å². The summed E-state index contributed by atoms with van der Waals surface area (Å²) >= 11 is 0. The van der Waals surface area contributed by atoms with Crippen LogP contribution < -0.4 is 15.8 Å². The number of anilines is 1. The van der Waals surface area contributed by atoms with Crippen molar-refractivity contribution in [1.82, 2.24) is 9.71 Å². The number of benzene rings is 1. The fourth-order valence-electron chi connectivity index (χ4n) is 3.15. The van der Waals surface area contributed by atoms with Crippen LogP contribution in [0.5, 0.6) is 0 Å². The molecule has 3 rings (SSSR count). The lowest BCUT2D eigenvalue weighted by Crippen LogP contribution is -2.30. The number of fused-ring (bicyclic) bond motifs is 1. The van der Waals surface area contributed by atoms with Crippen LogP contribution in [0, 0.1) is 5.92 Å². The summed E-state index contributed by atoms with van der Waals surface area (Å²) in [6.45, 7) is 4.54. The van der Waals surface area contributed by atoms with Gasteiger partial charge in [-0.1, -0.05) is 38.1 Å². The molecule has 0 unspecified atom stereocenters. The van der Waals surface area contributed by atoms with Crippen LogP contribution in [-0.4, -0.2) is 26.0 Å². The van der Waals surface area contributed by atoms with Crippen LogP contribution in [0.4, 0.5) is 5.82 Å². The number of pyridine rings is 1. The summed E-state index contributed by atoms with van der Waals surface area (Å²) < 4.78 is 27.2. The Labute approximate surface area is 155 Å². The lowest BCUT2D eigenvalue weighted by molar-refractivity contribution is 0.551. The Balaban J connectivity index is 1.64. The monoisotopic (exact) mass is 374 g/mol. The van der Waals surface area contributed by atoms with Crippen LogP contribution in [0.3, 0.4) is 0 Å². The number of aromatic nitrogens is 1. The molecule has 26 heavy (non-hydrogen) atoms. The standard InChI is InChI=1S/C19H26N4O2S/c1-13(2)9-10-22-26(24,25)15-7-8-18(21-12-15)23-17-11-14-5-3-4-6-16(14)19(17)20/h3-8,12-13,17,19,22H,9-11,20H2,1-2H3,(H,21,23)/t17-,19-/m1/s1. The predicted octanol–water partition coefficient (Wildman–Crippen LogP) is 2.44. The third-order valence-corrected chi connectivity index (χ3v) is 6.13. The highest BCUT2D eigenvalue weighted by Gasteiger charge is 2.29. The normalized spacial score (nSPS) is 19.5. The van der Waals surface area contributed by atoms with E-state index in [1.54, 1.807) is 12.1 Å². The third-order valence-electron chi connectivity index (χ3n) is 4.68. The minimum absolute atomic E-state index is 0.0477. The van der Waals surface area contributed by atoms with Crippen LogP contribution in [0.1, 0.15) is 37.4 Å². The smallest absolute Gasteiger partial charge is 0.242 e. The van der Waals surface area contributed by atoms with E-state index in [0.717, 1.165) is 18.4 Å². The average Bonchev–Trinajstić information content (AvgIpc) is 2.91. The van der Waals surface area contributed by atoms with Gasteiger partial charge in [-0.05, 0) is 42.0 Å². The van der Waals surface area contributed by atoms with Crippen molar-refractivity contribution in [1.29, 1.82) is 0 Å². The Bertz CT molecular complexity index is 850. The zero-order valence-electron chi connectivity index (χ0n) is 15.1. The van der Waals surface area contributed by atoms with E-state index in [1.807, 2.05) is 18.2 Å². The minimum Gasteiger partial charge on any atom is -0.365 e. The van der Waals surface area contributed by atoms with E-state index in [-0.39, 0.29) is 17.0 Å². The van der Waals surface area contributed by atoms with Crippen molar-refractivity contribution in [3.63, 3.8) is 0 Å². The summed E-state index contributed by atoms with van der Waals surface area (Å²) in [7, 11) is -3.52. The van der Waals surface area contributed by atoms with Gasteiger partial charge in [0.2, 0.25) is 10.0 Å². The number of sulfonamides is 1. The Hall–Kier alpha value is -1.96. The van der Waals surface area contributed by atoms with Gasteiger partial charge in [0.05, 0.1) is 12.1 Å². The molecule has 1 aromatic carbocycles. The van der Waals surface area contributed by atoms with E-state index in [4.69, 9.17) is 5.73 Å². The van der Waals surface area contributed by atoms with Crippen LogP contribution in [-0.2, 0) is 16.4 Å². The molecular weight excluding hydrogens is 348 g/mol. The Kier molecular flexibility index (Phi) is 5.60. The Morgan fingerprint density at radius 3 is 2.65 bits per heavy atom. The maximum Gasteiger partial charge on any atom is 0.242 e. The van der Waals surface area contributed by atoms with Gasteiger partial charge in [-0.3, -0.25) is 0 Å². The van der Waals surface area contributed by atoms with Crippen molar-refractivity contribution in [3.8, 4) is 0 Å². The van der Waals surface area contributed by atoms with Crippen LogP contribution in [0.25, 0.3) is 0 Å². The van der Waals surface area contributed by atoms with E-state index in [0.29, 0.717) is 18.3 Å². The topological polar surface area (TPSA) is 97.1 Å². The maximum atomic E-state index is 12.3. The number of hydrogen-bond acceptors (Lipinski definition) is 5. The van der Waals surface area contributed by atoms with Crippen molar-refractivity contribution in [2.24, 2.45) is 11.7 Å². The summed E-state index contributed by atoms with van der Waals surface area (Å²) in [5, 5.41) is 3.32. The lowest BCUT2D eigenvalue weighted by atomic mass is 10.1. The molecule has 140 valence electrons. The zero-order valence-corrected chi connectivity index (χ0v) is 16.0. The third kappa shape index (κ3) is 4.23. The molecule has 6 nitrogen and oxygen atoms in total. The molecule has 0 radical (unpaired) electrons. The molecule has 7 heteroatoms. The maximum absolute atomic E-state index is 12.3. The molecule has 0 spiro atoms. The van der Waals surface area contributed by atoms with E-state index >= 15 is 0 Å². The Morgan fingerprint density at radius 1 is 1.23 bits per heavy atom. The number of nitrogens with one attached hydrogen (secondary N) is 2. The average molecular weight is 375 g/mol. The van der Waals surface area contributed by atoms with E-state index in [1.165, 1.54) is 11.8 Å². The van der Waals surface area contributed by atoms with Gasteiger partial charge in [0, 0.05) is 12.7 Å². The zero-order chi connectivity index (χ0) is 18.7.